The lowest BCUT2D eigenvalue weighted by atomic mass is 9.85. The van der Waals surface area contributed by atoms with E-state index in [4.69, 9.17) is 21.1 Å². The van der Waals surface area contributed by atoms with Gasteiger partial charge in [0, 0.05) is 17.7 Å². The van der Waals surface area contributed by atoms with Crippen LogP contribution < -0.4 is 10.1 Å². The maximum atomic E-state index is 15.4. The van der Waals surface area contributed by atoms with E-state index >= 15 is 4.39 Å². The number of carbonyl (C=O) groups is 1. The first-order valence-corrected chi connectivity index (χ1v) is 13.0. The zero-order chi connectivity index (χ0) is 24.9. The van der Waals surface area contributed by atoms with E-state index in [1.165, 1.54) is 0 Å². The van der Waals surface area contributed by atoms with Gasteiger partial charge in [-0.2, -0.15) is 0 Å². The summed E-state index contributed by atoms with van der Waals surface area (Å²) < 4.78 is 27.0. The van der Waals surface area contributed by atoms with Gasteiger partial charge in [-0.15, -0.1) is 0 Å². The number of carbonyl (C=O) groups excluding carboxylic acids is 1. The fourth-order valence-corrected chi connectivity index (χ4v) is 6.21. The third-order valence-electron chi connectivity index (χ3n) is 7.69. The van der Waals surface area contributed by atoms with Crippen LogP contribution in [-0.2, 0) is 11.2 Å². The molecule has 3 heterocycles. The maximum absolute atomic E-state index is 15.4. The summed E-state index contributed by atoms with van der Waals surface area (Å²) in [5.41, 5.74) is 2.62. The van der Waals surface area contributed by atoms with Gasteiger partial charge in [-0.05, 0) is 99.0 Å². The van der Waals surface area contributed by atoms with E-state index in [1.807, 2.05) is 26.0 Å². The van der Waals surface area contributed by atoms with Crippen LogP contribution in [0.3, 0.4) is 0 Å². The molecule has 188 valence electrons. The summed E-state index contributed by atoms with van der Waals surface area (Å²) in [4.78, 5) is 15.2. The van der Waals surface area contributed by atoms with Gasteiger partial charge in [-0.3, -0.25) is 4.90 Å². The Bertz CT molecular complexity index is 1130. The lowest BCUT2D eigenvalue weighted by Crippen LogP contribution is -2.53. The van der Waals surface area contributed by atoms with Crippen molar-refractivity contribution in [1.29, 1.82) is 0 Å². The molecule has 6 rings (SSSR count). The first kappa shape index (κ1) is 24.4. The number of rotatable bonds is 5. The molecular formula is C28H34ClFN2O3. The molecule has 3 fully saturated rings. The Hall–Kier alpha value is -2.31. The van der Waals surface area contributed by atoms with Gasteiger partial charge in [0.15, 0.2) is 0 Å². The first-order chi connectivity index (χ1) is 16.6. The number of hydrogen-bond acceptors (Lipinski definition) is 4. The van der Waals surface area contributed by atoms with Crippen molar-refractivity contribution in [2.75, 3.05) is 19.6 Å². The van der Waals surface area contributed by atoms with Crippen LogP contribution in [0.4, 0.5) is 9.18 Å². The highest BCUT2D eigenvalue weighted by Gasteiger charge is 2.42. The summed E-state index contributed by atoms with van der Waals surface area (Å²) in [6.45, 7) is 11.1. The SMILES string of the molecule is CC(C)Oc1ccc(-c2cc3c(cc2F)[C@H](NC(=O)O[C@H]2CN4CCC2CC4)C(C)(C)C3)c(Cl)c1. The Labute approximate surface area is 211 Å². The van der Waals surface area contributed by atoms with Crippen molar-refractivity contribution in [3.8, 4) is 16.9 Å². The number of piperidine rings is 3. The van der Waals surface area contributed by atoms with Crippen LogP contribution in [-0.4, -0.2) is 42.8 Å². The zero-order valence-electron chi connectivity index (χ0n) is 20.9. The Morgan fingerprint density at radius 3 is 2.54 bits per heavy atom. The Morgan fingerprint density at radius 2 is 1.91 bits per heavy atom. The minimum absolute atomic E-state index is 0.0257. The van der Waals surface area contributed by atoms with Crippen LogP contribution in [0.25, 0.3) is 11.1 Å². The Balaban J connectivity index is 1.36. The van der Waals surface area contributed by atoms with Crippen molar-refractivity contribution in [2.45, 2.75) is 65.2 Å². The number of ether oxygens (including phenoxy) is 2. The molecule has 1 aliphatic carbocycles. The monoisotopic (exact) mass is 500 g/mol. The molecule has 3 aliphatic heterocycles. The topological polar surface area (TPSA) is 50.8 Å². The standard InChI is InChI=1S/C28H34ClFN2O3/c1-16(2)34-19-5-6-20(23(29)12-19)22-11-18-14-28(3,4)26(21(18)13-24(22)30)31-27(33)35-25-15-32-9-7-17(25)8-10-32/h5-6,11-13,16-17,25-26H,7-10,14-15H2,1-4H3,(H,31,33)/t25-,26-/m0/s1. The number of halogens is 2. The van der Waals surface area contributed by atoms with Crippen LogP contribution in [0.5, 0.6) is 5.75 Å². The number of nitrogens with one attached hydrogen (secondary N) is 1. The van der Waals surface area contributed by atoms with Crippen molar-refractivity contribution < 1.29 is 18.7 Å². The number of fused-ring (bicyclic) bond motifs is 4. The maximum Gasteiger partial charge on any atom is 0.407 e. The van der Waals surface area contributed by atoms with E-state index in [0.717, 1.165) is 43.6 Å². The smallest absolute Gasteiger partial charge is 0.407 e. The fraction of sp³-hybridized carbons (Fsp3) is 0.536. The largest absolute Gasteiger partial charge is 0.491 e. The molecule has 2 aromatic rings. The summed E-state index contributed by atoms with van der Waals surface area (Å²) in [7, 11) is 0. The summed E-state index contributed by atoms with van der Waals surface area (Å²) in [6, 6.07) is 8.43. The van der Waals surface area contributed by atoms with Crippen molar-refractivity contribution >= 4 is 17.7 Å². The second kappa shape index (κ2) is 9.29. The molecule has 0 aromatic heterocycles. The van der Waals surface area contributed by atoms with Crippen molar-refractivity contribution in [3.63, 3.8) is 0 Å². The van der Waals surface area contributed by atoms with E-state index in [9.17, 15) is 4.79 Å². The molecule has 2 atom stereocenters. The number of benzene rings is 2. The Kier molecular flexibility index (Phi) is 6.47. The molecule has 7 heteroatoms. The molecule has 1 N–H and O–H groups in total. The number of nitrogens with zero attached hydrogens (tertiary/aromatic N) is 1. The molecule has 35 heavy (non-hydrogen) atoms. The number of alkyl carbamates (subject to hydrolysis) is 1. The van der Waals surface area contributed by atoms with E-state index in [0.29, 0.717) is 34.2 Å². The summed E-state index contributed by atoms with van der Waals surface area (Å²) in [5, 5.41) is 3.51. The zero-order valence-corrected chi connectivity index (χ0v) is 21.6. The fourth-order valence-electron chi connectivity index (χ4n) is 5.94. The van der Waals surface area contributed by atoms with Crippen molar-refractivity contribution in [1.82, 2.24) is 10.2 Å². The van der Waals surface area contributed by atoms with Gasteiger partial charge >= 0.3 is 6.09 Å². The molecule has 4 aliphatic rings. The molecule has 1 amide bonds. The van der Waals surface area contributed by atoms with Gasteiger partial charge in [0.25, 0.3) is 0 Å². The van der Waals surface area contributed by atoms with Gasteiger partial charge < -0.3 is 14.8 Å². The average molecular weight is 501 g/mol. The van der Waals surface area contributed by atoms with E-state index in [-0.39, 0.29) is 29.5 Å². The van der Waals surface area contributed by atoms with Crippen LogP contribution in [0, 0.1) is 17.2 Å². The van der Waals surface area contributed by atoms with E-state index in [1.54, 1.807) is 18.2 Å². The van der Waals surface area contributed by atoms with Gasteiger partial charge in [0.05, 0.1) is 17.2 Å². The number of amides is 1. The summed E-state index contributed by atoms with van der Waals surface area (Å²) in [6.07, 6.45) is 2.42. The minimum Gasteiger partial charge on any atom is -0.491 e. The molecule has 0 spiro atoms. The average Bonchev–Trinajstić information content (AvgIpc) is 3.03. The van der Waals surface area contributed by atoms with E-state index in [2.05, 4.69) is 24.1 Å². The second-order valence-corrected chi connectivity index (χ2v) is 11.6. The highest BCUT2D eigenvalue weighted by molar-refractivity contribution is 6.33. The van der Waals surface area contributed by atoms with E-state index < -0.39 is 6.09 Å². The second-order valence-electron chi connectivity index (χ2n) is 11.2. The minimum atomic E-state index is -0.414. The van der Waals surface area contributed by atoms with Gasteiger partial charge in [-0.25, -0.2) is 9.18 Å². The molecule has 3 saturated heterocycles. The van der Waals surface area contributed by atoms with Gasteiger partial charge in [0.1, 0.15) is 17.7 Å². The van der Waals surface area contributed by atoms with Crippen LogP contribution in [0.15, 0.2) is 30.3 Å². The lowest BCUT2D eigenvalue weighted by molar-refractivity contribution is -0.0349. The molecule has 0 saturated carbocycles. The first-order valence-electron chi connectivity index (χ1n) is 12.6. The van der Waals surface area contributed by atoms with Crippen LogP contribution >= 0.6 is 11.6 Å². The predicted molar refractivity (Wildman–Crippen MR) is 135 cm³/mol. The van der Waals surface area contributed by atoms with Crippen molar-refractivity contribution in [3.05, 3.63) is 52.3 Å². The molecule has 2 bridgehead atoms. The molecule has 2 aromatic carbocycles. The third kappa shape index (κ3) is 4.88. The normalized spacial score (nSPS) is 26.5. The number of hydrogen-bond donors (Lipinski definition) is 1. The predicted octanol–water partition coefficient (Wildman–Crippen LogP) is 6.38. The third-order valence-corrected chi connectivity index (χ3v) is 8.00. The molecule has 5 nitrogen and oxygen atoms in total. The molecule has 0 radical (unpaired) electrons. The van der Waals surface area contributed by atoms with Crippen LogP contribution in [0.1, 0.15) is 57.7 Å². The highest BCUT2D eigenvalue weighted by atomic mass is 35.5. The quantitative estimate of drug-likeness (QED) is 0.517. The van der Waals surface area contributed by atoms with Crippen LogP contribution in [0.2, 0.25) is 5.02 Å². The summed E-state index contributed by atoms with van der Waals surface area (Å²) in [5.74, 6) is 0.734. The molecular weight excluding hydrogens is 467 g/mol. The Morgan fingerprint density at radius 1 is 1.17 bits per heavy atom. The summed E-state index contributed by atoms with van der Waals surface area (Å²) >= 11 is 6.52. The van der Waals surface area contributed by atoms with Gasteiger partial charge in [0.2, 0.25) is 0 Å². The highest BCUT2D eigenvalue weighted by Crippen LogP contribution is 2.47. The lowest BCUT2D eigenvalue weighted by Gasteiger charge is -2.44. The van der Waals surface area contributed by atoms with Gasteiger partial charge in [-0.1, -0.05) is 25.4 Å². The van der Waals surface area contributed by atoms with Crippen molar-refractivity contribution in [2.24, 2.45) is 11.3 Å². The molecule has 0 unspecified atom stereocenters.